The lowest BCUT2D eigenvalue weighted by molar-refractivity contribution is 0.0938. The predicted molar refractivity (Wildman–Crippen MR) is 118 cm³/mol. The minimum absolute atomic E-state index is 0.0927. The molecule has 1 aromatic heterocycles. The van der Waals surface area contributed by atoms with E-state index in [1.165, 1.54) is 0 Å². The highest BCUT2D eigenvalue weighted by molar-refractivity contribution is 5.99. The number of amides is 1. The molecule has 5 nitrogen and oxygen atoms in total. The maximum Gasteiger partial charge on any atom is 0.288 e. The highest BCUT2D eigenvalue weighted by atomic mass is 16.5. The molecule has 1 N–H and O–H groups in total. The highest BCUT2D eigenvalue weighted by Gasteiger charge is 2.36. The van der Waals surface area contributed by atoms with Gasteiger partial charge in [0, 0.05) is 0 Å². The molecule has 1 atom stereocenters. The molecule has 1 unspecified atom stereocenters. The second kappa shape index (κ2) is 7.43. The van der Waals surface area contributed by atoms with Crippen LogP contribution in [0.25, 0.3) is 11.0 Å². The number of fused-ring (bicyclic) bond motifs is 2. The zero-order chi connectivity index (χ0) is 21.5. The van der Waals surface area contributed by atoms with E-state index >= 15 is 0 Å². The number of ether oxygens (including phenoxy) is 1. The lowest BCUT2D eigenvalue weighted by atomic mass is 9.98. The van der Waals surface area contributed by atoms with Gasteiger partial charge in [0.05, 0.1) is 17.0 Å². The lowest BCUT2D eigenvalue weighted by Crippen LogP contribution is -2.21. The van der Waals surface area contributed by atoms with E-state index in [4.69, 9.17) is 9.15 Å². The summed E-state index contributed by atoms with van der Waals surface area (Å²) in [6.07, 6.45) is 0. The van der Waals surface area contributed by atoms with Crippen LogP contribution in [0.4, 0.5) is 0 Å². The first-order valence-corrected chi connectivity index (χ1v) is 10.2. The summed E-state index contributed by atoms with van der Waals surface area (Å²) in [4.78, 5) is 25.8. The monoisotopic (exact) mass is 411 g/mol. The van der Waals surface area contributed by atoms with Crippen molar-refractivity contribution >= 4 is 16.9 Å². The molecule has 0 saturated heterocycles. The predicted octanol–water partition coefficient (Wildman–Crippen LogP) is 4.82. The summed E-state index contributed by atoms with van der Waals surface area (Å²) < 4.78 is 11.7. The molecule has 0 fully saturated rings. The maximum atomic E-state index is 13.3. The third-order valence-corrected chi connectivity index (χ3v) is 5.77. The van der Waals surface area contributed by atoms with Gasteiger partial charge in [0.1, 0.15) is 17.9 Å². The Hall–Kier alpha value is -3.86. The largest absolute Gasteiger partial charge is 0.489 e. The van der Waals surface area contributed by atoms with Crippen LogP contribution in [0.1, 0.15) is 44.4 Å². The maximum absolute atomic E-state index is 13.3. The summed E-state index contributed by atoms with van der Waals surface area (Å²) in [5.41, 5.74) is 4.52. The van der Waals surface area contributed by atoms with Crippen LogP contribution in [0.2, 0.25) is 0 Å². The van der Waals surface area contributed by atoms with Crippen molar-refractivity contribution in [3.63, 3.8) is 0 Å². The molecule has 4 aromatic rings. The summed E-state index contributed by atoms with van der Waals surface area (Å²) in [6, 6.07) is 20.4. The van der Waals surface area contributed by atoms with Gasteiger partial charge in [0.15, 0.2) is 5.43 Å². The van der Waals surface area contributed by atoms with Crippen LogP contribution < -0.4 is 15.5 Å². The van der Waals surface area contributed by atoms with Crippen molar-refractivity contribution in [3.8, 4) is 5.75 Å². The Morgan fingerprint density at radius 3 is 2.39 bits per heavy atom. The van der Waals surface area contributed by atoms with Crippen LogP contribution in [0.5, 0.6) is 5.75 Å². The molecule has 2 heterocycles. The van der Waals surface area contributed by atoms with Gasteiger partial charge in [-0.1, -0.05) is 42.5 Å². The number of hydrogen-bond donors (Lipinski definition) is 1. The van der Waals surface area contributed by atoms with Crippen molar-refractivity contribution in [1.82, 2.24) is 5.32 Å². The highest BCUT2D eigenvalue weighted by Crippen LogP contribution is 2.32. The molecule has 1 amide bonds. The average Bonchev–Trinajstić information content (AvgIpc) is 3.11. The second-order valence-corrected chi connectivity index (χ2v) is 7.86. The summed E-state index contributed by atoms with van der Waals surface area (Å²) >= 11 is 0. The first-order valence-electron chi connectivity index (χ1n) is 10.2. The van der Waals surface area contributed by atoms with Crippen LogP contribution in [0.3, 0.4) is 0 Å². The van der Waals surface area contributed by atoms with Gasteiger partial charge in [-0.2, -0.15) is 0 Å². The van der Waals surface area contributed by atoms with Crippen LogP contribution in [0.15, 0.2) is 75.9 Å². The molecule has 1 aliphatic rings. The third kappa shape index (κ3) is 3.38. The molecule has 5 heteroatoms. The van der Waals surface area contributed by atoms with Gasteiger partial charge in [-0.15, -0.1) is 0 Å². The fourth-order valence-corrected chi connectivity index (χ4v) is 3.91. The first-order chi connectivity index (χ1) is 15.0. The van der Waals surface area contributed by atoms with Crippen LogP contribution >= 0.6 is 0 Å². The van der Waals surface area contributed by atoms with Crippen LogP contribution in [-0.4, -0.2) is 5.91 Å². The molecule has 1 aliphatic heterocycles. The van der Waals surface area contributed by atoms with Gasteiger partial charge < -0.3 is 14.5 Å². The lowest BCUT2D eigenvalue weighted by Gasteiger charge is -2.13. The van der Waals surface area contributed by atoms with Gasteiger partial charge in [-0.25, -0.2) is 0 Å². The molecule has 0 bridgehead atoms. The van der Waals surface area contributed by atoms with Gasteiger partial charge in [-0.05, 0) is 60.4 Å². The molecule has 154 valence electrons. The van der Waals surface area contributed by atoms with Gasteiger partial charge in [0.25, 0.3) is 5.91 Å². The molecular weight excluding hydrogens is 390 g/mol. The topological polar surface area (TPSA) is 68.5 Å². The van der Waals surface area contributed by atoms with Crippen LogP contribution in [-0.2, 0) is 6.61 Å². The van der Waals surface area contributed by atoms with Crippen molar-refractivity contribution in [2.24, 2.45) is 0 Å². The molecular formula is C26H21NO4. The first kappa shape index (κ1) is 19.1. The number of carbonyl (C=O) groups excluding carboxylic acids is 1. The Balaban J connectivity index is 1.47. The minimum Gasteiger partial charge on any atom is -0.489 e. The molecule has 0 radical (unpaired) electrons. The number of hydrogen-bond acceptors (Lipinski definition) is 4. The molecule has 5 rings (SSSR count). The Kier molecular flexibility index (Phi) is 4.59. The molecule has 0 spiro atoms. The average molecular weight is 411 g/mol. The van der Waals surface area contributed by atoms with Crippen molar-refractivity contribution in [2.45, 2.75) is 26.5 Å². The van der Waals surface area contributed by atoms with E-state index in [-0.39, 0.29) is 17.1 Å². The van der Waals surface area contributed by atoms with E-state index in [1.807, 2.05) is 80.6 Å². The van der Waals surface area contributed by atoms with E-state index in [0.29, 0.717) is 28.9 Å². The summed E-state index contributed by atoms with van der Waals surface area (Å²) in [7, 11) is 0. The number of benzene rings is 3. The van der Waals surface area contributed by atoms with Gasteiger partial charge >= 0.3 is 0 Å². The Labute approximate surface area is 179 Å². The van der Waals surface area contributed by atoms with Crippen molar-refractivity contribution in [1.29, 1.82) is 0 Å². The second-order valence-electron chi connectivity index (χ2n) is 7.86. The van der Waals surface area contributed by atoms with E-state index in [1.54, 1.807) is 0 Å². The Morgan fingerprint density at radius 2 is 1.65 bits per heavy atom. The van der Waals surface area contributed by atoms with Gasteiger partial charge in [-0.3, -0.25) is 9.59 Å². The molecule has 0 saturated carbocycles. The number of rotatable bonds is 4. The molecule has 31 heavy (non-hydrogen) atoms. The van der Waals surface area contributed by atoms with Crippen molar-refractivity contribution in [2.75, 3.05) is 0 Å². The van der Waals surface area contributed by atoms with Crippen molar-refractivity contribution < 1.29 is 13.9 Å². The minimum atomic E-state index is -0.548. The number of nitrogens with one attached hydrogen (secondary N) is 1. The smallest absolute Gasteiger partial charge is 0.288 e. The summed E-state index contributed by atoms with van der Waals surface area (Å²) in [6.45, 7) is 4.38. The van der Waals surface area contributed by atoms with E-state index < -0.39 is 6.04 Å². The SMILES string of the molecule is Cc1cc2oc3c(c(=O)c2cc1C)C(c1ccc(OCc2ccccc2)cc1)NC3=O. The fourth-order valence-electron chi connectivity index (χ4n) is 3.91. The van der Waals surface area contributed by atoms with E-state index in [0.717, 1.165) is 22.3 Å². The zero-order valence-corrected chi connectivity index (χ0v) is 17.3. The normalized spacial score (nSPS) is 15.0. The standard InChI is InChI=1S/C26H21NO4/c1-15-12-20-21(13-16(15)2)31-25-22(24(20)28)23(27-26(25)29)18-8-10-19(11-9-18)30-14-17-6-4-3-5-7-17/h3-13,23H,14H2,1-2H3,(H,27,29). The Morgan fingerprint density at radius 1 is 0.935 bits per heavy atom. The zero-order valence-electron chi connectivity index (χ0n) is 17.3. The van der Waals surface area contributed by atoms with Gasteiger partial charge in [0.2, 0.25) is 5.76 Å². The molecule has 3 aromatic carbocycles. The number of carbonyl (C=O) groups is 1. The quantitative estimate of drug-likeness (QED) is 0.523. The molecule has 0 aliphatic carbocycles. The fraction of sp³-hybridized carbons (Fsp3) is 0.154. The van der Waals surface area contributed by atoms with E-state index in [9.17, 15) is 9.59 Å². The van der Waals surface area contributed by atoms with E-state index in [2.05, 4.69) is 5.32 Å². The van der Waals surface area contributed by atoms with Crippen molar-refractivity contribution in [3.05, 3.63) is 111 Å². The summed E-state index contributed by atoms with van der Waals surface area (Å²) in [5, 5.41) is 3.38. The Bertz CT molecular complexity index is 1350. The summed E-state index contributed by atoms with van der Waals surface area (Å²) in [5.74, 6) is 0.436. The number of aryl methyl sites for hydroxylation is 2. The van der Waals surface area contributed by atoms with Crippen LogP contribution in [0, 0.1) is 13.8 Å². The third-order valence-electron chi connectivity index (χ3n) is 5.77.